The minimum atomic E-state index is -0.327. The molecular weight excluding hydrogens is 253 g/mol. The summed E-state index contributed by atoms with van der Waals surface area (Å²) in [5.74, 6) is -0.0433. The van der Waals surface area contributed by atoms with E-state index in [2.05, 4.69) is 29.6 Å². The van der Waals surface area contributed by atoms with Crippen LogP contribution >= 0.6 is 0 Å². The number of anilines is 1. The summed E-state index contributed by atoms with van der Waals surface area (Å²) in [6, 6.07) is 13.9. The predicted octanol–water partition coefficient (Wildman–Crippen LogP) is 3.80. The van der Waals surface area contributed by atoms with Crippen LogP contribution in [-0.2, 0) is 12.8 Å². The van der Waals surface area contributed by atoms with Gasteiger partial charge in [-0.1, -0.05) is 24.3 Å². The molecule has 0 spiro atoms. The topological polar surface area (TPSA) is 21.3 Å². The van der Waals surface area contributed by atoms with E-state index in [4.69, 9.17) is 4.74 Å². The predicted molar refractivity (Wildman–Crippen MR) is 78.8 cm³/mol. The van der Waals surface area contributed by atoms with Gasteiger partial charge in [-0.05, 0) is 42.5 Å². The van der Waals surface area contributed by atoms with Crippen molar-refractivity contribution in [1.82, 2.24) is 0 Å². The number of hydrogen-bond acceptors (Lipinski definition) is 2. The molecule has 0 radical (unpaired) electrons. The lowest BCUT2D eigenvalue weighted by Crippen LogP contribution is -2.27. The highest BCUT2D eigenvalue weighted by atomic mass is 19.1. The maximum absolute atomic E-state index is 13.4. The van der Waals surface area contributed by atoms with E-state index in [1.165, 1.54) is 24.3 Å². The standard InChI is InChI=1S/C17H18FNO/c1-20-17-11-15(8-9-16(17)18)19-14-7-6-12-4-2-3-5-13(12)10-14/h2-5,8-9,11,14,19H,6-7,10H2,1H3. The molecule has 0 amide bonds. The molecular formula is C17H18FNO. The van der Waals surface area contributed by atoms with Gasteiger partial charge in [-0.3, -0.25) is 0 Å². The number of nitrogens with one attached hydrogen (secondary N) is 1. The summed E-state index contributed by atoms with van der Waals surface area (Å²) < 4.78 is 18.4. The monoisotopic (exact) mass is 271 g/mol. The third-order valence-electron chi connectivity index (χ3n) is 3.87. The average molecular weight is 271 g/mol. The summed E-state index contributed by atoms with van der Waals surface area (Å²) in [5.41, 5.74) is 3.76. The average Bonchev–Trinajstić information content (AvgIpc) is 2.49. The number of ether oxygens (including phenoxy) is 1. The number of methoxy groups -OCH3 is 1. The molecule has 0 aliphatic heterocycles. The summed E-state index contributed by atoms with van der Waals surface area (Å²) in [6.07, 6.45) is 3.19. The Balaban J connectivity index is 1.73. The van der Waals surface area contributed by atoms with E-state index in [9.17, 15) is 4.39 Å². The second-order valence-electron chi connectivity index (χ2n) is 5.20. The van der Waals surface area contributed by atoms with E-state index in [0.717, 1.165) is 24.9 Å². The molecule has 1 N–H and O–H groups in total. The molecule has 1 aliphatic carbocycles. The van der Waals surface area contributed by atoms with Crippen LogP contribution in [0.1, 0.15) is 17.5 Å². The van der Waals surface area contributed by atoms with E-state index in [0.29, 0.717) is 6.04 Å². The van der Waals surface area contributed by atoms with Crippen molar-refractivity contribution < 1.29 is 9.13 Å². The molecule has 0 bridgehead atoms. The van der Waals surface area contributed by atoms with Gasteiger partial charge in [-0.25, -0.2) is 4.39 Å². The van der Waals surface area contributed by atoms with Crippen LogP contribution in [0.4, 0.5) is 10.1 Å². The second-order valence-corrected chi connectivity index (χ2v) is 5.20. The lowest BCUT2D eigenvalue weighted by atomic mass is 9.88. The van der Waals surface area contributed by atoms with Crippen molar-refractivity contribution in [2.75, 3.05) is 12.4 Å². The van der Waals surface area contributed by atoms with Crippen molar-refractivity contribution in [3.8, 4) is 5.75 Å². The number of aryl methyl sites for hydroxylation is 1. The minimum absolute atomic E-state index is 0.284. The number of benzene rings is 2. The largest absolute Gasteiger partial charge is 0.494 e. The van der Waals surface area contributed by atoms with Gasteiger partial charge in [0.25, 0.3) is 0 Å². The lowest BCUT2D eigenvalue weighted by Gasteiger charge is -2.26. The Morgan fingerprint density at radius 3 is 2.75 bits per heavy atom. The van der Waals surface area contributed by atoms with Gasteiger partial charge in [0.2, 0.25) is 0 Å². The zero-order chi connectivity index (χ0) is 13.9. The summed E-state index contributed by atoms with van der Waals surface area (Å²) in [5, 5.41) is 3.48. The van der Waals surface area contributed by atoms with Gasteiger partial charge in [0.15, 0.2) is 11.6 Å². The number of rotatable bonds is 3. The summed E-state index contributed by atoms with van der Waals surface area (Å²) in [7, 11) is 1.49. The van der Waals surface area contributed by atoms with Crippen LogP contribution in [0.5, 0.6) is 5.75 Å². The third-order valence-corrected chi connectivity index (χ3v) is 3.87. The Labute approximate surface area is 118 Å². The molecule has 3 rings (SSSR count). The fraction of sp³-hybridized carbons (Fsp3) is 0.294. The van der Waals surface area contributed by atoms with Crippen LogP contribution in [0.25, 0.3) is 0 Å². The van der Waals surface area contributed by atoms with Crippen molar-refractivity contribution in [3.63, 3.8) is 0 Å². The van der Waals surface area contributed by atoms with Gasteiger partial charge in [-0.15, -0.1) is 0 Å². The molecule has 2 aromatic carbocycles. The zero-order valence-corrected chi connectivity index (χ0v) is 11.5. The molecule has 104 valence electrons. The Kier molecular flexibility index (Phi) is 3.59. The van der Waals surface area contributed by atoms with E-state index in [1.54, 1.807) is 12.1 Å². The molecule has 0 fully saturated rings. The fourth-order valence-corrected chi connectivity index (χ4v) is 2.81. The van der Waals surface area contributed by atoms with Gasteiger partial charge >= 0.3 is 0 Å². The summed E-state index contributed by atoms with van der Waals surface area (Å²) in [4.78, 5) is 0. The van der Waals surface area contributed by atoms with Gasteiger partial charge < -0.3 is 10.1 Å². The van der Waals surface area contributed by atoms with Crippen molar-refractivity contribution in [2.45, 2.75) is 25.3 Å². The molecule has 3 heteroatoms. The number of halogens is 1. The zero-order valence-electron chi connectivity index (χ0n) is 11.5. The minimum Gasteiger partial charge on any atom is -0.494 e. The Morgan fingerprint density at radius 1 is 1.15 bits per heavy atom. The quantitative estimate of drug-likeness (QED) is 0.916. The Morgan fingerprint density at radius 2 is 1.95 bits per heavy atom. The van der Waals surface area contributed by atoms with Crippen LogP contribution in [-0.4, -0.2) is 13.2 Å². The highest BCUT2D eigenvalue weighted by molar-refractivity contribution is 5.50. The molecule has 1 aliphatic rings. The van der Waals surface area contributed by atoms with Crippen LogP contribution in [0.3, 0.4) is 0 Å². The maximum atomic E-state index is 13.4. The van der Waals surface area contributed by atoms with E-state index in [1.807, 2.05) is 0 Å². The lowest BCUT2D eigenvalue weighted by molar-refractivity contribution is 0.386. The van der Waals surface area contributed by atoms with Crippen molar-refractivity contribution in [2.24, 2.45) is 0 Å². The van der Waals surface area contributed by atoms with Crippen LogP contribution < -0.4 is 10.1 Å². The molecule has 1 unspecified atom stereocenters. The third kappa shape index (κ3) is 2.62. The highest BCUT2D eigenvalue weighted by Crippen LogP contribution is 2.26. The van der Waals surface area contributed by atoms with Crippen molar-refractivity contribution >= 4 is 5.69 Å². The Hall–Kier alpha value is -2.03. The molecule has 0 saturated carbocycles. The normalized spacial score (nSPS) is 17.4. The van der Waals surface area contributed by atoms with Gasteiger partial charge in [-0.2, -0.15) is 0 Å². The summed E-state index contributed by atoms with van der Waals surface area (Å²) in [6.45, 7) is 0. The molecule has 20 heavy (non-hydrogen) atoms. The second kappa shape index (κ2) is 5.53. The molecule has 0 saturated heterocycles. The first-order valence-electron chi connectivity index (χ1n) is 6.93. The molecule has 0 heterocycles. The van der Waals surface area contributed by atoms with E-state index < -0.39 is 0 Å². The van der Waals surface area contributed by atoms with Crippen molar-refractivity contribution in [1.29, 1.82) is 0 Å². The summed E-state index contributed by atoms with van der Waals surface area (Å²) >= 11 is 0. The first-order valence-corrected chi connectivity index (χ1v) is 6.93. The first kappa shape index (κ1) is 13.0. The first-order chi connectivity index (χ1) is 9.76. The maximum Gasteiger partial charge on any atom is 0.165 e. The molecule has 1 atom stereocenters. The van der Waals surface area contributed by atoms with Gasteiger partial charge in [0.1, 0.15) is 0 Å². The fourth-order valence-electron chi connectivity index (χ4n) is 2.81. The van der Waals surface area contributed by atoms with Crippen LogP contribution in [0.15, 0.2) is 42.5 Å². The van der Waals surface area contributed by atoms with Crippen molar-refractivity contribution in [3.05, 3.63) is 59.4 Å². The van der Waals surface area contributed by atoms with Gasteiger partial charge in [0.05, 0.1) is 7.11 Å². The van der Waals surface area contributed by atoms with E-state index >= 15 is 0 Å². The SMILES string of the molecule is COc1cc(NC2CCc3ccccc3C2)ccc1F. The number of fused-ring (bicyclic) bond motifs is 1. The molecule has 2 nitrogen and oxygen atoms in total. The van der Waals surface area contributed by atoms with Crippen LogP contribution in [0, 0.1) is 5.82 Å². The molecule has 0 aromatic heterocycles. The van der Waals surface area contributed by atoms with E-state index in [-0.39, 0.29) is 11.6 Å². The smallest absolute Gasteiger partial charge is 0.165 e. The van der Waals surface area contributed by atoms with Gasteiger partial charge in [0, 0.05) is 17.8 Å². The molecule has 2 aromatic rings. The number of hydrogen-bond donors (Lipinski definition) is 1. The highest BCUT2D eigenvalue weighted by Gasteiger charge is 2.18. The Bertz CT molecular complexity index is 612. The van der Waals surface area contributed by atoms with Crippen LogP contribution in [0.2, 0.25) is 0 Å².